The van der Waals surface area contributed by atoms with Crippen molar-refractivity contribution in [3.8, 4) is 0 Å². The molecule has 9 heteroatoms. The molecule has 0 bridgehead atoms. The summed E-state index contributed by atoms with van der Waals surface area (Å²) in [6, 6.07) is 14.6. The Labute approximate surface area is 199 Å². The zero-order valence-electron chi connectivity index (χ0n) is 18.8. The molecule has 33 heavy (non-hydrogen) atoms. The number of nitrogens with one attached hydrogen (secondary N) is 2. The molecular formula is C24H28ClN3O4S. The zero-order chi connectivity index (χ0) is 24.0. The lowest BCUT2D eigenvalue weighted by Gasteiger charge is -2.28. The summed E-state index contributed by atoms with van der Waals surface area (Å²) < 4.78 is 33.9. The van der Waals surface area contributed by atoms with Gasteiger partial charge in [0.05, 0.1) is 27.8 Å². The van der Waals surface area contributed by atoms with Crippen LogP contribution in [0.5, 0.6) is 0 Å². The van der Waals surface area contributed by atoms with Crippen LogP contribution in [-0.4, -0.2) is 38.9 Å². The third kappa shape index (κ3) is 6.16. The maximum atomic E-state index is 13.0. The molecule has 176 valence electrons. The van der Waals surface area contributed by atoms with Crippen LogP contribution in [0, 0.1) is 6.92 Å². The van der Waals surface area contributed by atoms with Crippen LogP contribution in [0.25, 0.3) is 0 Å². The third-order valence-electron chi connectivity index (χ3n) is 5.34. The number of benzene rings is 2. The van der Waals surface area contributed by atoms with Crippen LogP contribution in [0.3, 0.4) is 0 Å². The molecule has 3 rings (SSSR count). The number of halogens is 1. The zero-order valence-corrected chi connectivity index (χ0v) is 20.4. The largest absolute Gasteiger partial charge is 0.468 e. The standard InChI is InChI=1S/C24H28ClN3O4S/c1-4-28(5-2)22(23-10-7-13-32-23)16-26-24(29)20-15-19(11-12-21(20)25)33(30,31)27-18-9-6-8-17(3)14-18/h6-15,22,27H,4-5,16H2,1-3H3,(H,26,29). The highest BCUT2D eigenvalue weighted by Gasteiger charge is 2.23. The Balaban J connectivity index is 1.80. The van der Waals surface area contributed by atoms with E-state index in [0.717, 1.165) is 24.4 Å². The molecule has 0 aliphatic rings. The first-order chi connectivity index (χ1) is 15.7. The van der Waals surface area contributed by atoms with Crippen LogP contribution in [0.2, 0.25) is 5.02 Å². The summed E-state index contributed by atoms with van der Waals surface area (Å²) in [6.07, 6.45) is 1.60. The fraction of sp³-hybridized carbons (Fsp3) is 0.292. The minimum atomic E-state index is -3.90. The molecule has 1 aromatic heterocycles. The van der Waals surface area contributed by atoms with Crippen molar-refractivity contribution in [2.45, 2.75) is 31.7 Å². The van der Waals surface area contributed by atoms with Gasteiger partial charge < -0.3 is 9.73 Å². The normalized spacial score (nSPS) is 12.5. The van der Waals surface area contributed by atoms with Crippen LogP contribution in [0.15, 0.2) is 70.2 Å². The summed E-state index contributed by atoms with van der Waals surface area (Å²) in [5.41, 5.74) is 1.45. The van der Waals surface area contributed by atoms with Crippen molar-refractivity contribution >= 4 is 33.2 Å². The van der Waals surface area contributed by atoms with Crippen LogP contribution in [0.1, 0.15) is 41.6 Å². The molecule has 0 radical (unpaired) electrons. The molecule has 0 aliphatic heterocycles. The van der Waals surface area contributed by atoms with Crippen LogP contribution >= 0.6 is 11.6 Å². The molecular weight excluding hydrogens is 462 g/mol. The van der Waals surface area contributed by atoms with Gasteiger partial charge in [-0.15, -0.1) is 0 Å². The number of rotatable bonds is 10. The minimum absolute atomic E-state index is 0.0510. The van der Waals surface area contributed by atoms with Gasteiger partial charge in [0.25, 0.3) is 15.9 Å². The van der Waals surface area contributed by atoms with E-state index in [4.69, 9.17) is 16.0 Å². The van der Waals surface area contributed by atoms with E-state index in [1.165, 1.54) is 18.2 Å². The molecule has 7 nitrogen and oxygen atoms in total. The van der Waals surface area contributed by atoms with Gasteiger partial charge in [0.15, 0.2) is 0 Å². The number of sulfonamides is 1. The Bertz CT molecular complexity index is 1190. The van der Waals surface area contributed by atoms with Gasteiger partial charge in [0.1, 0.15) is 5.76 Å². The lowest BCUT2D eigenvalue weighted by atomic mass is 10.1. The highest BCUT2D eigenvalue weighted by Crippen LogP contribution is 2.24. The number of aryl methyl sites for hydroxylation is 1. The van der Waals surface area contributed by atoms with Gasteiger partial charge in [-0.1, -0.05) is 37.6 Å². The number of anilines is 1. The van der Waals surface area contributed by atoms with Crippen LogP contribution < -0.4 is 10.0 Å². The Kier molecular flexibility index (Phi) is 8.18. The fourth-order valence-corrected chi connectivity index (χ4v) is 4.89. The van der Waals surface area contributed by atoms with Crippen molar-refractivity contribution in [3.05, 3.63) is 82.8 Å². The number of carbonyl (C=O) groups is 1. The minimum Gasteiger partial charge on any atom is -0.468 e. The first kappa shape index (κ1) is 24.8. The predicted octanol–water partition coefficient (Wildman–Crippen LogP) is 4.86. The Morgan fingerprint density at radius 2 is 1.85 bits per heavy atom. The summed E-state index contributed by atoms with van der Waals surface area (Å²) in [6.45, 7) is 7.77. The lowest BCUT2D eigenvalue weighted by Crippen LogP contribution is -2.38. The molecule has 2 N–H and O–H groups in total. The summed E-state index contributed by atoms with van der Waals surface area (Å²) in [7, 11) is -3.90. The number of carbonyl (C=O) groups excluding carboxylic acids is 1. The van der Waals surface area contributed by atoms with E-state index in [1.54, 1.807) is 30.5 Å². The molecule has 0 spiro atoms. The topological polar surface area (TPSA) is 91.7 Å². The highest BCUT2D eigenvalue weighted by molar-refractivity contribution is 7.92. The van der Waals surface area contributed by atoms with Gasteiger partial charge in [-0.2, -0.15) is 0 Å². The van der Waals surface area contributed by atoms with Gasteiger partial charge >= 0.3 is 0 Å². The van der Waals surface area contributed by atoms with E-state index in [2.05, 4.69) is 14.9 Å². The molecule has 1 heterocycles. The van der Waals surface area contributed by atoms with Crippen molar-refractivity contribution in [1.82, 2.24) is 10.2 Å². The molecule has 2 aromatic carbocycles. The van der Waals surface area contributed by atoms with E-state index < -0.39 is 15.9 Å². The van der Waals surface area contributed by atoms with Crippen molar-refractivity contribution < 1.29 is 17.6 Å². The van der Waals surface area contributed by atoms with E-state index in [1.807, 2.05) is 32.9 Å². The van der Waals surface area contributed by atoms with Crippen molar-refractivity contribution in [3.63, 3.8) is 0 Å². The van der Waals surface area contributed by atoms with E-state index in [-0.39, 0.29) is 28.1 Å². The molecule has 0 aliphatic carbocycles. The molecule has 0 saturated heterocycles. The molecule has 1 unspecified atom stereocenters. The van der Waals surface area contributed by atoms with Gasteiger partial charge in [0.2, 0.25) is 0 Å². The quantitative estimate of drug-likeness (QED) is 0.424. The number of nitrogens with zero attached hydrogens (tertiary/aromatic N) is 1. The average molecular weight is 490 g/mol. The second-order valence-corrected chi connectivity index (χ2v) is 9.67. The third-order valence-corrected chi connectivity index (χ3v) is 7.05. The maximum Gasteiger partial charge on any atom is 0.261 e. The Morgan fingerprint density at radius 3 is 2.48 bits per heavy atom. The smallest absolute Gasteiger partial charge is 0.261 e. The van der Waals surface area contributed by atoms with E-state index in [9.17, 15) is 13.2 Å². The molecule has 1 amide bonds. The van der Waals surface area contributed by atoms with Gasteiger partial charge in [-0.3, -0.25) is 14.4 Å². The fourth-order valence-electron chi connectivity index (χ4n) is 3.61. The predicted molar refractivity (Wildman–Crippen MR) is 130 cm³/mol. The summed E-state index contributed by atoms with van der Waals surface area (Å²) in [4.78, 5) is 15.1. The van der Waals surface area contributed by atoms with Crippen LogP contribution in [0.4, 0.5) is 5.69 Å². The first-order valence-corrected chi connectivity index (χ1v) is 12.6. The monoisotopic (exact) mass is 489 g/mol. The maximum absolute atomic E-state index is 13.0. The summed E-state index contributed by atoms with van der Waals surface area (Å²) in [5, 5.41) is 3.04. The average Bonchev–Trinajstić information content (AvgIpc) is 3.31. The van der Waals surface area contributed by atoms with Crippen molar-refractivity contribution in [1.29, 1.82) is 0 Å². The summed E-state index contributed by atoms with van der Waals surface area (Å²) in [5.74, 6) is 0.278. The second kappa shape index (κ2) is 10.9. The van der Waals surface area contributed by atoms with E-state index in [0.29, 0.717) is 5.69 Å². The Morgan fingerprint density at radius 1 is 1.09 bits per heavy atom. The molecule has 0 fully saturated rings. The number of furan rings is 1. The molecule has 3 aromatic rings. The number of hydrogen-bond acceptors (Lipinski definition) is 5. The van der Waals surface area contributed by atoms with Crippen LogP contribution in [-0.2, 0) is 10.0 Å². The summed E-state index contributed by atoms with van der Waals surface area (Å²) >= 11 is 6.25. The van der Waals surface area contributed by atoms with E-state index >= 15 is 0 Å². The van der Waals surface area contributed by atoms with Crippen molar-refractivity contribution in [2.24, 2.45) is 0 Å². The van der Waals surface area contributed by atoms with Gasteiger partial charge in [-0.25, -0.2) is 8.42 Å². The highest BCUT2D eigenvalue weighted by atomic mass is 35.5. The first-order valence-electron chi connectivity index (χ1n) is 10.7. The molecule has 1 atom stereocenters. The number of hydrogen-bond donors (Lipinski definition) is 2. The number of likely N-dealkylation sites (N-methyl/N-ethyl adjacent to an activating group) is 1. The molecule has 0 saturated carbocycles. The lowest BCUT2D eigenvalue weighted by molar-refractivity contribution is 0.0929. The van der Waals surface area contributed by atoms with Gasteiger partial charge in [0, 0.05) is 12.2 Å². The van der Waals surface area contributed by atoms with Crippen molar-refractivity contribution in [2.75, 3.05) is 24.4 Å². The number of amides is 1. The van der Waals surface area contributed by atoms with Gasteiger partial charge in [-0.05, 0) is 68.0 Å². The SMILES string of the molecule is CCN(CC)C(CNC(=O)c1cc(S(=O)(=O)Nc2cccc(C)c2)ccc1Cl)c1ccco1. The Hall–Kier alpha value is -2.81. The second-order valence-electron chi connectivity index (χ2n) is 7.58.